The van der Waals surface area contributed by atoms with E-state index in [0.29, 0.717) is 0 Å². The van der Waals surface area contributed by atoms with Crippen LogP contribution in [0.3, 0.4) is 0 Å². The van der Waals surface area contributed by atoms with Gasteiger partial charge in [-0.1, -0.05) is 18.4 Å². The van der Waals surface area contributed by atoms with Gasteiger partial charge in [0.25, 0.3) is 0 Å². The lowest BCUT2D eigenvalue weighted by molar-refractivity contribution is 1.28. The Labute approximate surface area is 59.7 Å². The van der Waals surface area contributed by atoms with Crippen molar-refractivity contribution in [2.45, 2.75) is 6.82 Å². The standard InChI is InChI=1S/C6H6BN2O/c1-7-5-2-3-6(9-10)8-4-5/h2-4H,1H3. The number of pyridine rings is 1. The molecule has 4 heteroatoms. The molecule has 3 nitrogen and oxygen atoms in total. The summed E-state index contributed by atoms with van der Waals surface area (Å²) in [4.78, 5) is 13.6. The third-order valence-electron chi connectivity index (χ3n) is 1.20. The van der Waals surface area contributed by atoms with Crippen molar-refractivity contribution in [3.05, 3.63) is 23.2 Å². The van der Waals surface area contributed by atoms with Crippen LogP contribution >= 0.6 is 0 Å². The van der Waals surface area contributed by atoms with Crippen molar-refractivity contribution in [3.8, 4) is 0 Å². The average molecular weight is 133 g/mol. The van der Waals surface area contributed by atoms with Crippen LogP contribution in [0.5, 0.6) is 0 Å². The van der Waals surface area contributed by atoms with E-state index < -0.39 is 0 Å². The third kappa shape index (κ3) is 1.40. The van der Waals surface area contributed by atoms with Crippen molar-refractivity contribution in [1.29, 1.82) is 0 Å². The number of aromatic nitrogens is 1. The molecule has 0 amide bonds. The van der Waals surface area contributed by atoms with E-state index in [4.69, 9.17) is 0 Å². The highest BCUT2D eigenvalue weighted by molar-refractivity contribution is 6.51. The van der Waals surface area contributed by atoms with E-state index in [0.717, 1.165) is 5.46 Å². The Hall–Kier alpha value is -1.19. The maximum atomic E-state index is 9.88. The van der Waals surface area contributed by atoms with Gasteiger partial charge >= 0.3 is 0 Å². The zero-order chi connectivity index (χ0) is 7.40. The highest BCUT2D eigenvalue weighted by atomic mass is 16.3. The zero-order valence-electron chi connectivity index (χ0n) is 5.61. The number of nitroso groups, excluding NO2 is 1. The number of hydrogen-bond acceptors (Lipinski definition) is 3. The Bertz CT molecular complexity index is 222. The molecule has 49 valence electrons. The molecule has 1 rings (SSSR count). The number of nitrogens with zero attached hydrogens (tertiary/aromatic N) is 2. The average Bonchev–Trinajstić information content (AvgIpc) is 2.05. The fraction of sp³-hybridized carbons (Fsp3) is 0.167. The normalized spacial score (nSPS) is 8.90. The highest BCUT2D eigenvalue weighted by Gasteiger charge is 1.91. The summed E-state index contributed by atoms with van der Waals surface area (Å²) in [6.07, 6.45) is 1.61. The molecule has 1 aromatic rings. The van der Waals surface area contributed by atoms with Gasteiger partial charge < -0.3 is 0 Å². The second-order valence-corrected chi connectivity index (χ2v) is 1.83. The van der Waals surface area contributed by atoms with Crippen molar-refractivity contribution >= 4 is 18.6 Å². The number of rotatable bonds is 2. The maximum absolute atomic E-state index is 9.88. The highest BCUT2D eigenvalue weighted by Crippen LogP contribution is 2.01. The van der Waals surface area contributed by atoms with Crippen LogP contribution < -0.4 is 5.46 Å². The van der Waals surface area contributed by atoms with Crippen LogP contribution in [0.25, 0.3) is 0 Å². The van der Waals surface area contributed by atoms with E-state index in [1.54, 1.807) is 18.3 Å². The first-order valence-electron chi connectivity index (χ1n) is 2.95. The van der Waals surface area contributed by atoms with E-state index in [2.05, 4.69) is 10.2 Å². The summed E-state index contributed by atoms with van der Waals surface area (Å²) in [7, 11) is 1.90. The predicted octanol–water partition coefficient (Wildman–Crippen LogP) is 0.857. The van der Waals surface area contributed by atoms with Crippen molar-refractivity contribution in [3.63, 3.8) is 0 Å². The molecule has 1 aromatic heterocycles. The molecule has 0 saturated carbocycles. The van der Waals surface area contributed by atoms with Gasteiger partial charge in [-0.2, -0.15) is 0 Å². The molecular weight excluding hydrogens is 127 g/mol. The second-order valence-electron chi connectivity index (χ2n) is 1.83. The predicted molar refractivity (Wildman–Crippen MR) is 40.9 cm³/mol. The summed E-state index contributed by atoms with van der Waals surface area (Å²) in [5, 5.41) is 2.67. The Balaban J connectivity index is 2.90. The van der Waals surface area contributed by atoms with Gasteiger partial charge in [-0.3, -0.25) is 0 Å². The largest absolute Gasteiger partial charge is 0.235 e. The van der Waals surface area contributed by atoms with Crippen LogP contribution in [0.2, 0.25) is 6.82 Å². The minimum Gasteiger partial charge on any atom is -0.235 e. The first kappa shape index (κ1) is 6.93. The lowest BCUT2D eigenvalue weighted by Gasteiger charge is -1.91. The van der Waals surface area contributed by atoms with Crippen molar-refractivity contribution in [2.24, 2.45) is 5.18 Å². The summed E-state index contributed by atoms with van der Waals surface area (Å²) in [5.41, 5.74) is 0.993. The third-order valence-corrected chi connectivity index (χ3v) is 1.20. The van der Waals surface area contributed by atoms with E-state index in [-0.39, 0.29) is 5.82 Å². The maximum Gasteiger partial charge on any atom is 0.196 e. The molecule has 0 N–H and O–H groups in total. The lowest BCUT2D eigenvalue weighted by atomic mass is 9.74. The minimum atomic E-state index is 0.227. The molecule has 0 aromatic carbocycles. The molecular formula is C6H6BN2O. The molecule has 0 spiro atoms. The van der Waals surface area contributed by atoms with Crippen LogP contribution in [0.1, 0.15) is 0 Å². The van der Waals surface area contributed by atoms with Gasteiger partial charge in [0.05, 0.1) is 0 Å². The second kappa shape index (κ2) is 3.10. The van der Waals surface area contributed by atoms with Gasteiger partial charge in [0, 0.05) is 6.20 Å². The van der Waals surface area contributed by atoms with Crippen LogP contribution in [-0.4, -0.2) is 12.3 Å². The topological polar surface area (TPSA) is 42.3 Å². The van der Waals surface area contributed by atoms with Crippen LogP contribution in [0, 0.1) is 4.91 Å². The quantitative estimate of drug-likeness (QED) is 0.443. The van der Waals surface area contributed by atoms with Crippen LogP contribution in [0.15, 0.2) is 23.5 Å². The first-order chi connectivity index (χ1) is 4.86. The summed E-state index contributed by atoms with van der Waals surface area (Å²) in [5.74, 6) is 0.227. The zero-order valence-corrected chi connectivity index (χ0v) is 5.61. The lowest BCUT2D eigenvalue weighted by Crippen LogP contribution is -2.09. The summed E-state index contributed by atoms with van der Waals surface area (Å²) in [6.45, 7) is 1.91. The van der Waals surface area contributed by atoms with Crippen LogP contribution in [0.4, 0.5) is 5.82 Å². The molecule has 0 aliphatic carbocycles. The Morgan fingerprint density at radius 2 is 2.40 bits per heavy atom. The molecule has 0 atom stereocenters. The molecule has 10 heavy (non-hydrogen) atoms. The van der Waals surface area contributed by atoms with Gasteiger partial charge in [0.1, 0.15) is 7.28 Å². The van der Waals surface area contributed by atoms with Crippen molar-refractivity contribution in [2.75, 3.05) is 0 Å². The monoisotopic (exact) mass is 133 g/mol. The molecule has 0 fully saturated rings. The van der Waals surface area contributed by atoms with Crippen molar-refractivity contribution < 1.29 is 0 Å². The molecule has 0 unspecified atom stereocenters. The molecule has 0 saturated heterocycles. The number of hydrogen-bond donors (Lipinski definition) is 0. The molecule has 0 bridgehead atoms. The molecule has 1 heterocycles. The van der Waals surface area contributed by atoms with Gasteiger partial charge in [-0.05, 0) is 11.2 Å². The van der Waals surface area contributed by atoms with E-state index in [9.17, 15) is 4.91 Å². The van der Waals surface area contributed by atoms with Gasteiger partial charge in [0.2, 0.25) is 0 Å². The van der Waals surface area contributed by atoms with Crippen molar-refractivity contribution in [1.82, 2.24) is 4.98 Å². The summed E-state index contributed by atoms with van der Waals surface area (Å²) in [6, 6.07) is 3.38. The molecule has 1 radical (unpaired) electrons. The van der Waals surface area contributed by atoms with E-state index in [1.807, 2.05) is 14.1 Å². The van der Waals surface area contributed by atoms with Gasteiger partial charge in [-0.15, -0.1) is 4.91 Å². The summed E-state index contributed by atoms with van der Waals surface area (Å²) >= 11 is 0. The van der Waals surface area contributed by atoms with Gasteiger partial charge in [-0.25, -0.2) is 4.98 Å². The Morgan fingerprint density at radius 1 is 1.60 bits per heavy atom. The van der Waals surface area contributed by atoms with Gasteiger partial charge in [0.15, 0.2) is 5.82 Å². The van der Waals surface area contributed by atoms with E-state index >= 15 is 0 Å². The Morgan fingerprint density at radius 3 is 2.80 bits per heavy atom. The first-order valence-corrected chi connectivity index (χ1v) is 2.95. The summed E-state index contributed by atoms with van der Waals surface area (Å²) < 4.78 is 0. The molecule has 0 aliphatic heterocycles. The smallest absolute Gasteiger partial charge is 0.196 e. The van der Waals surface area contributed by atoms with E-state index in [1.165, 1.54) is 0 Å². The fourth-order valence-corrected chi connectivity index (χ4v) is 0.622. The molecule has 0 aliphatic rings. The fourth-order valence-electron chi connectivity index (χ4n) is 0.622. The minimum absolute atomic E-state index is 0.227. The van der Waals surface area contributed by atoms with Crippen LogP contribution in [-0.2, 0) is 0 Å². The SMILES string of the molecule is C[B]c1ccc(N=O)nc1. The Kier molecular flexibility index (Phi) is 2.15.